The zero-order valence-corrected chi connectivity index (χ0v) is 22.2. The number of hydrogen-bond donors (Lipinski definition) is 1. The van der Waals surface area contributed by atoms with Crippen molar-refractivity contribution in [2.75, 3.05) is 58.9 Å². The number of benzene rings is 2. The van der Waals surface area contributed by atoms with E-state index in [4.69, 9.17) is 18.7 Å². The molecule has 2 saturated heterocycles. The molecule has 39 heavy (non-hydrogen) atoms. The number of anilines is 1. The zero-order valence-electron chi connectivity index (χ0n) is 22.2. The van der Waals surface area contributed by atoms with Gasteiger partial charge in [-0.3, -0.25) is 14.5 Å². The number of likely N-dealkylation sites (tertiary alicyclic amines) is 1. The molecule has 1 unspecified atom stereocenters. The summed E-state index contributed by atoms with van der Waals surface area (Å²) in [5.74, 6) is 1.72. The van der Waals surface area contributed by atoms with Gasteiger partial charge in [-0.05, 0) is 49.7 Å². The summed E-state index contributed by atoms with van der Waals surface area (Å²) < 4.78 is 21.5. The predicted octanol–water partition coefficient (Wildman–Crippen LogP) is 3.08. The lowest BCUT2D eigenvalue weighted by Gasteiger charge is -2.31. The summed E-state index contributed by atoms with van der Waals surface area (Å²) >= 11 is 0. The third-order valence-electron chi connectivity index (χ3n) is 7.06. The van der Waals surface area contributed by atoms with Gasteiger partial charge in [0.05, 0.1) is 51.1 Å². The third-order valence-corrected chi connectivity index (χ3v) is 7.06. The van der Waals surface area contributed by atoms with E-state index in [0.29, 0.717) is 73.9 Å². The highest BCUT2D eigenvalue weighted by Crippen LogP contribution is 2.31. The summed E-state index contributed by atoms with van der Waals surface area (Å²) in [7, 11) is 3.16. The number of ether oxygens (including phenoxy) is 3. The van der Waals surface area contributed by atoms with Crippen LogP contribution in [-0.2, 0) is 16.1 Å². The van der Waals surface area contributed by atoms with Crippen molar-refractivity contribution in [2.45, 2.75) is 19.4 Å². The number of amides is 2. The van der Waals surface area contributed by atoms with Gasteiger partial charge in [0.2, 0.25) is 17.6 Å². The van der Waals surface area contributed by atoms with Gasteiger partial charge in [-0.2, -0.15) is 4.98 Å². The van der Waals surface area contributed by atoms with Gasteiger partial charge in [-0.1, -0.05) is 17.3 Å². The van der Waals surface area contributed by atoms with E-state index in [1.165, 1.54) is 0 Å². The molecule has 1 atom stereocenters. The Bertz CT molecular complexity index is 1310. The molecule has 0 aliphatic carbocycles. The maximum atomic E-state index is 13.3. The number of methoxy groups -OCH3 is 2. The number of piperidine rings is 1. The second-order valence-corrected chi connectivity index (χ2v) is 9.60. The molecule has 0 bridgehead atoms. The van der Waals surface area contributed by atoms with Crippen molar-refractivity contribution in [2.24, 2.45) is 5.92 Å². The lowest BCUT2D eigenvalue weighted by molar-refractivity contribution is -0.121. The van der Waals surface area contributed by atoms with Gasteiger partial charge in [0.1, 0.15) is 0 Å². The van der Waals surface area contributed by atoms with Crippen LogP contribution >= 0.6 is 0 Å². The Morgan fingerprint density at radius 1 is 1.05 bits per heavy atom. The third kappa shape index (κ3) is 6.21. The average Bonchev–Trinajstić information content (AvgIpc) is 3.45. The van der Waals surface area contributed by atoms with E-state index in [0.717, 1.165) is 24.9 Å². The fraction of sp³-hybridized carbons (Fsp3) is 0.429. The number of hydrogen-bond acceptors (Lipinski definition) is 9. The maximum absolute atomic E-state index is 13.3. The monoisotopic (exact) mass is 535 g/mol. The SMILES string of the molecule is COc1ccc(-c2noc(CN3CCCC(C(=O)Nc4ccccc4C(=O)N4CCOCC4)C3)n2)cc1OC. The number of rotatable bonds is 8. The largest absolute Gasteiger partial charge is 0.493 e. The molecule has 3 aromatic rings. The Kier molecular flexibility index (Phi) is 8.38. The van der Waals surface area contributed by atoms with Crippen LogP contribution < -0.4 is 14.8 Å². The highest BCUT2D eigenvalue weighted by atomic mass is 16.5. The average molecular weight is 536 g/mol. The van der Waals surface area contributed by atoms with Crippen LogP contribution in [0.2, 0.25) is 0 Å². The van der Waals surface area contributed by atoms with E-state index < -0.39 is 0 Å². The van der Waals surface area contributed by atoms with E-state index >= 15 is 0 Å². The minimum atomic E-state index is -0.224. The van der Waals surface area contributed by atoms with Crippen molar-refractivity contribution in [1.82, 2.24) is 19.9 Å². The quantitative estimate of drug-likeness (QED) is 0.464. The summed E-state index contributed by atoms with van der Waals surface area (Å²) in [6, 6.07) is 12.6. The molecular weight excluding hydrogens is 502 g/mol. The van der Waals surface area contributed by atoms with Crippen LogP contribution in [0.25, 0.3) is 11.4 Å². The molecule has 2 aromatic carbocycles. The first-order valence-corrected chi connectivity index (χ1v) is 13.1. The number of carbonyl (C=O) groups is 2. The van der Waals surface area contributed by atoms with E-state index in [1.807, 2.05) is 18.2 Å². The van der Waals surface area contributed by atoms with Gasteiger partial charge < -0.3 is 29.0 Å². The molecule has 1 N–H and O–H groups in total. The molecule has 2 aliphatic rings. The van der Waals surface area contributed by atoms with E-state index in [-0.39, 0.29) is 17.7 Å². The number of carbonyl (C=O) groups excluding carboxylic acids is 2. The summed E-state index contributed by atoms with van der Waals surface area (Å²) in [6.45, 7) is 3.95. The lowest BCUT2D eigenvalue weighted by Crippen LogP contribution is -2.42. The Labute approximate surface area is 227 Å². The molecular formula is C28H33N5O6. The second-order valence-electron chi connectivity index (χ2n) is 9.60. The van der Waals surface area contributed by atoms with Crippen molar-refractivity contribution >= 4 is 17.5 Å². The van der Waals surface area contributed by atoms with E-state index in [9.17, 15) is 9.59 Å². The number of aromatic nitrogens is 2. The van der Waals surface area contributed by atoms with Crippen molar-refractivity contribution in [3.8, 4) is 22.9 Å². The van der Waals surface area contributed by atoms with E-state index in [2.05, 4.69) is 20.4 Å². The molecule has 2 fully saturated rings. The minimum absolute atomic E-state index is 0.0962. The van der Waals surface area contributed by atoms with Crippen LogP contribution in [0.4, 0.5) is 5.69 Å². The van der Waals surface area contributed by atoms with Crippen molar-refractivity contribution in [1.29, 1.82) is 0 Å². The zero-order chi connectivity index (χ0) is 27.2. The highest BCUT2D eigenvalue weighted by Gasteiger charge is 2.28. The maximum Gasteiger partial charge on any atom is 0.256 e. The van der Waals surface area contributed by atoms with Gasteiger partial charge in [-0.15, -0.1) is 0 Å². The van der Waals surface area contributed by atoms with Gasteiger partial charge in [-0.25, -0.2) is 0 Å². The Morgan fingerprint density at radius 3 is 2.64 bits per heavy atom. The van der Waals surface area contributed by atoms with Gasteiger partial charge >= 0.3 is 0 Å². The molecule has 0 saturated carbocycles. The fourth-order valence-electron chi connectivity index (χ4n) is 4.97. The van der Waals surface area contributed by atoms with Crippen LogP contribution in [0.1, 0.15) is 29.1 Å². The second kappa shape index (κ2) is 12.3. The van der Waals surface area contributed by atoms with E-state index in [1.54, 1.807) is 43.4 Å². The van der Waals surface area contributed by atoms with Crippen molar-refractivity contribution in [3.63, 3.8) is 0 Å². The van der Waals surface area contributed by atoms with Crippen molar-refractivity contribution < 1.29 is 28.3 Å². The van der Waals surface area contributed by atoms with Crippen LogP contribution in [0.5, 0.6) is 11.5 Å². The molecule has 0 radical (unpaired) electrons. The van der Waals surface area contributed by atoms with Gasteiger partial charge in [0.25, 0.3) is 5.91 Å². The summed E-state index contributed by atoms with van der Waals surface area (Å²) in [5, 5.41) is 7.14. The van der Waals surface area contributed by atoms with Gasteiger partial charge in [0.15, 0.2) is 11.5 Å². The normalized spacial score (nSPS) is 18.0. The van der Waals surface area contributed by atoms with Crippen LogP contribution in [0, 0.1) is 5.92 Å². The molecule has 3 heterocycles. The molecule has 0 spiro atoms. The lowest BCUT2D eigenvalue weighted by atomic mass is 9.96. The van der Waals surface area contributed by atoms with Crippen molar-refractivity contribution in [3.05, 3.63) is 53.9 Å². The smallest absolute Gasteiger partial charge is 0.256 e. The molecule has 1 aromatic heterocycles. The number of nitrogens with one attached hydrogen (secondary N) is 1. The molecule has 11 heteroatoms. The Balaban J connectivity index is 1.21. The summed E-state index contributed by atoms with van der Waals surface area (Å²) in [5.41, 5.74) is 1.78. The topological polar surface area (TPSA) is 119 Å². The summed E-state index contributed by atoms with van der Waals surface area (Å²) in [6.07, 6.45) is 1.63. The van der Waals surface area contributed by atoms with Crippen LogP contribution in [0.15, 0.2) is 47.0 Å². The Morgan fingerprint density at radius 2 is 1.85 bits per heavy atom. The first-order chi connectivity index (χ1) is 19.1. The molecule has 5 rings (SSSR count). The first-order valence-electron chi connectivity index (χ1n) is 13.1. The fourth-order valence-corrected chi connectivity index (χ4v) is 4.97. The Hall–Kier alpha value is -3.96. The number of nitrogens with zero attached hydrogens (tertiary/aromatic N) is 4. The van der Waals surface area contributed by atoms with Crippen LogP contribution in [0.3, 0.4) is 0 Å². The molecule has 11 nitrogen and oxygen atoms in total. The van der Waals surface area contributed by atoms with Gasteiger partial charge in [0, 0.05) is 25.2 Å². The predicted molar refractivity (Wildman–Crippen MR) is 143 cm³/mol. The van der Waals surface area contributed by atoms with Crippen LogP contribution in [-0.4, -0.2) is 85.4 Å². The number of para-hydroxylation sites is 1. The first kappa shape index (κ1) is 26.6. The standard InChI is InChI=1S/C28H33N5O6/c1-36-23-10-9-19(16-24(23)37-2)26-30-25(39-31-26)18-32-11-5-6-20(17-32)27(34)29-22-8-4-3-7-21(22)28(35)33-12-14-38-15-13-33/h3-4,7-10,16,20H,5-6,11-15,17-18H2,1-2H3,(H,29,34). The molecule has 2 amide bonds. The highest BCUT2D eigenvalue weighted by molar-refractivity contribution is 6.04. The number of morpholine rings is 1. The summed E-state index contributed by atoms with van der Waals surface area (Å²) in [4.78, 5) is 34.8. The molecule has 2 aliphatic heterocycles. The minimum Gasteiger partial charge on any atom is -0.493 e. The molecule has 206 valence electrons.